The highest BCUT2D eigenvalue weighted by atomic mass is 35.5. The maximum Gasteiger partial charge on any atom is 0.255 e. The molecule has 0 aliphatic carbocycles. The Balaban J connectivity index is 1.83. The van der Waals surface area contributed by atoms with Gasteiger partial charge in [-0.05, 0) is 60.7 Å². The molecule has 3 aromatic carbocycles. The van der Waals surface area contributed by atoms with Gasteiger partial charge in [0.15, 0.2) is 0 Å². The largest absolute Gasteiger partial charge is 0.321 e. The van der Waals surface area contributed by atoms with E-state index in [0.29, 0.717) is 27.4 Å². The number of para-hydroxylation sites is 1. The lowest BCUT2D eigenvalue weighted by Crippen LogP contribution is -2.12. The van der Waals surface area contributed by atoms with E-state index in [1.165, 1.54) is 12.1 Å². The van der Waals surface area contributed by atoms with Gasteiger partial charge in [-0.2, -0.15) is 0 Å². The Morgan fingerprint density at radius 2 is 1.56 bits per heavy atom. The fourth-order valence-corrected chi connectivity index (χ4v) is 2.30. The summed E-state index contributed by atoms with van der Waals surface area (Å²) in [6.07, 6.45) is 0. The Morgan fingerprint density at radius 3 is 2.28 bits per heavy atom. The van der Waals surface area contributed by atoms with E-state index in [2.05, 4.69) is 17.2 Å². The molecule has 0 fully saturated rings. The highest BCUT2D eigenvalue weighted by Gasteiger charge is 2.08. The first-order valence-electron chi connectivity index (χ1n) is 7.55. The first-order valence-corrected chi connectivity index (χ1v) is 7.93. The average Bonchev–Trinajstić information content (AvgIpc) is 2.63. The van der Waals surface area contributed by atoms with Gasteiger partial charge in [0.25, 0.3) is 5.91 Å². The van der Waals surface area contributed by atoms with Gasteiger partial charge >= 0.3 is 0 Å². The maximum atomic E-state index is 12.9. The van der Waals surface area contributed by atoms with Gasteiger partial charge in [-0.3, -0.25) is 4.79 Å². The molecule has 0 heterocycles. The number of nitrogens with one attached hydrogen (secondary N) is 1. The second-order valence-electron chi connectivity index (χ2n) is 5.26. The zero-order valence-electron chi connectivity index (χ0n) is 13.1. The molecule has 1 amide bonds. The van der Waals surface area contributed by atoms with Crippen LogP contribution >= 0.6 is 11.6 Å². The molecule has 0 atom stereocenters. The van der Waals surface area contributed by atoms with Crippen LogP contribution in [0.1, 0.15) is 21.5 Å². The zero-order chi connectivity index (χ0) is 17.6. The van der Waals surface area contributed by atoms with E-state index < -0.39 is 0 Å². The van der Waals surface area contributed by atoms with E-state index in [1.54, 1.807) is 42.5 Å². The highest BCUT2D eigenvalue weighted by Crippen LogP contribution is 2.16. The van der Waals surface area contributed by atoms with E-state index in [1.807, 2.05) is 18.2 Å². The van der Waals surface area contributed by atoms with Crippen molar-refractivity contribution in [2.45, 2.75) is 0 Å². The lowest BCUT2D eigenvalue weighted by atomic mass is 10.1. The van der Waals surface area contributed by atoms with E-state index >= 15 is 0 Å². The molecular weight excluding hydrogens is 337 g/mol. The first kappa shape index (κ1) is 16.8. The van der Waals surface area contributed by atoms with Crippen LogP contribution in [0.3, 0.4) is 0 Å². The molecule has 3 rings (SSSR count). The van der Waals surface area contributed by atoms with Crippen LogP contribution in [0.2, 0.25) is 5.02 Å². The Hall–Kier alpha value is -3.09. The quantitative estimate of drug-likeness (QED) is 0.638. The molecule has 0 aliphatic heterocycles. The van der Waals surface area contributed by atoms with Crippen LogP contribution in [0.4, 0.5) is 10.1 Å². The van der Waals surface area contributed by atoms with E-state index in [0.717, 1.165) is 0 Å². The minimum atomic E-state index is -0.304. The van der Waals surface area contributed by atoms with Gasteiger partial charge in [0.2, 0.25) is 0 Å². The monoisotopic (exact) mass is 349 g/mol. The van der Waals surface area contributed by atoms with Crippen LogP contribution in [0.25, 0.3) is 0 Å². The second kappa shape index (κ2) is 7.65. The smallest absolute Gasteiger partial charge is 0.255 e. The first-order chi connectivity index (χ1) is 12.1. The molecular formula is C21H13ClFNO. The fourth-order valence-electron chi connectivity index (χ4n) is 2.17. The minimum absolute atomic E-state index is 0.243. The van der Waals surface area contributed by atoms with Gasteiger partial charge in [-0.25, -0.2) is 4.39 Å². The summed E-state index contributed by atoms with van der Waals surface area (Å²) in [6.45, 7) is 0. The number of anilines is 1. The second-order valence-corrected chi connectivity index (χ2v) is 5.70. The lowest BCUT2D eigenvalue weighted by Gasteiger charge is -2.07. The lowest BCUT2D eigenvalue weighted by molar-refractivity contribution is 0.102. The van der Waals surface area contributed by atoms with Gasteiger partial charge in [-0.15, -0.1) is 0 Å². The van der Waals surface area contributed by atoms with Crippen molar-refractivity contribution in [3.63, 3.8) is 0 Å². The van der Waals surface area contributed by atoms with Gasteiger partial charge in [0, 0.05) is 21.7 Å². The molecule has 0 radical (unpaired) electrons. The zero-order valence-corrected chi connectivity index (χ0v) is 13.8. The topological polar surface area (TPSA) is 29.1 Å². The van der Waals surface area contributed by atoms with Gasteiger partial charge in [0.1, 0.15) is 5.82 Å². The summed E-state index contributed by atoms with van der Waals surface area (Å²) in [5.74, 6) is 5.42. The van der Waals surface area contributed by atoms with E-state index in [4.69, 9.17) is 11.6 Å². The van der Waals surface area contributed by atoms with Gasteiger partial charge in [0.05, 0.1) is 5.69 Å². The number of benzene rings is 3. The summed E-state index contributed by atoms with van der Waals surface area (Å²) in [6, 6.07) is 19.8. The van der Waals surface area contributed by atoms with Gasteiger partial charge in [-0.1, -0.05) is 35.6 Å². The SMILES string of the molecule is O=C(Nc1ccccc1C#Cc1ccc(F)cc1)c1ccc(Cl)cc1. The van der Waals surface area contributed by atoms with Crippen LogP contribution in [0.5, 0.6) is 0 Å². The van der Waals surface area contributed by atoms with E-state index in [9.17, 15) is 9.18 Å². The van der Waals surface area contributed by atoms with Gasteiger partial charge < -0.3 is 5.32 Å². The number of carbonyl (C=O) groups excluding carboxylic acids is 1. The Bertz CT molecular complexity index is 954. The molecule has 1 N–H and O–H groups in total. The third-order valence-corrected chi connectivity index (χ3v) is 3.72. The highest BCUT2D eigenvalue weighted by molar-refractivity contribution is 6.30. The number of carbonyl (C=O) groups is 1. The molecule has 0 bridgehead atoms. The predicted octanol–water partition coefficient (Wildman–Crippen LogP) is 5.13. The third kappa shape index (κ3) is 4.47. The Labute approximate surface area is 150 Å². The Morgan fingerprint density at radius 1 is 0.880 bits per heavy atom. The molecule has 0 aliphatic rings. The van der Waals surface area contributed by atoms with Crippen molar-refractivity contribution in [1.29, 1.82) is 0 Å². The molecule has 0 saturated heterocycles. The summed E-state index contributed by atoms with van der Waals surface area (Å²) >= 11 is 5.84. The maximum absolute atomic E-state index is 12.9. The molecule has 3 aromatic rings. The van der Waals surface area contributed by atoms with Crippen molar-refractivity contribution < 1.29 is 9.18 Å². The molecule has 4 heteroatoms. The number of amides is 1. The average molecular weight is 350 g/mol. The molecule has 0 saturated carbocycles. The summed E-state index contributed by atoms with van der Waals surface area (Å²) in [5.41, 5.74) is 2.48. The summed E-state index contributed by atoms with van der Waals surface area (Å²) < 4.78 is 12.9. The van der Waals surface area contributed by atoms with Crippen molar-refractivity contribution in [2.24, 2.45) is 0 Å². The van der Waals surface area contributed by atoms with Crippen LogP contribution in [-0.4, -0.2) is 5.91 Å². The molecule has 0 spiro atoms. The molecule has 122 valence electrons. The number of halogens is 2. The molecule has 2 nitrogen and oxygen atoms in total. The van der Waals surface area contributed by atoms with Crippen LogP contribution in [0, 0.1) is 17.7 Å². The Kier molecular flexibility index (Phi) is 5.13. The summed E-state index contributed by atoms with van der Waals surface area (Å²) in [4.78, 5) is 12.3. The summed E-state index contributed by atoms with van der Waals surface area (Å²) in [5, 5.41) is 3.42. The molecule has 25 heavy (non-hydrogen) atoms. The number of rotatable bonds is 2. The van der Waals surface area contributed by atoms with Crippen LogP contribution < -0.4 is 5.32 Å². The van der Waals surface area contributed by atoms with Crippen molar-refractivity contribution >= 4 is 23.2 Å². The third-order valence-electron chi connectivity index (χ3n) is 3.47. The standard InChI is InChI=1S/C21H13ClFNO/c22-18-11-9-17(10-12-18)21(25)24-20-4-2-1-3-16(20)8-5-15-6-13-19(23)14-7-15/h1-4,6-7,9-14H,(H,24,25). The fraction of sp³-hybridized carbons (Fsp3) is 0. The summed E-state index contributed by atoms with van der Waals surface area (Å²) in [7, 11) is 0. The predicted molar refractivity (Wildman–Crippen MR) is 98.2 cm³/mol. The van der Waals surface area contributed by atoms with Crippen molar-refractivity contribution in [3.8, 4) is 11.8 Å². The molecule has 0 aromatic heterocycles. The number of hydrogen-bond donors (Lipinski definition) is 1. The normalized spacial score (nSPS) is 9.84. The van der Waals surface area contributed by atoms with Crippen LogP contribution in [-0.2, 0) is 0 Å². The number of hydrogen-bond acceptors (Lipinski definition) is 1. The van der Waals surface area contributed by atoms with Crippen molar-refractivity contribution in [3.05, 3.63) is 100 Å². The van der Waals surface area contributed by atoms with Crippen molar-refractivity contribution in [2.75, 3.05) is 5.32 Å². The molecule has 0 unspecified atom stereocenters. The van der Waals surface area contributed by atoms with Crippen molar-refractivity contribution in [1.82, 2.24) is 0 Å². The van der Waals surface area contributed by atoms with Crippen LogP contribution in [0.15, 0.2) is 72.8 Å². The van der Waals surface area contributed by atoms with E-state index in [-0.39, 0.29) is 11.7 Å². The minimum Gasteiger partial charge on any atom is -0.321 e.